The van der Waals surface area contributed by atoms with Crippen LogP contribution in [0.15, 0.2) is 101 Å². The molecule has 0 spiro atoms. The molecule has 2 heterocycles. The Morgan fingerprint density at radius 2 is 1.71 bits per heavy atom. The number of carbonyl (C=O) groups is 1. The number of rotatable bonds is 7. The summed E-state index contributed by atoms with van der Waals surface area (Å²) >= 11 is 1.26. The van der Waals surface area contributed by atoms with E-state index in [4.69, 9.17) is 4.98 Å². The van der Waals surface area contributed by atoms with Crippen molar-refractivity contribution in [1.29, 1.82) is 0 Å². The first kappa shape index (κ1) is 22.7. The zero-order chi connectivity index (χ0) is 24.2. The quantitative estimate of drug-likeness (QED) is 0.239. The molecule has 5 aromatic rings. The normalized spacial score (nSPS) is 11.0. The van der Waals surface area contributed by atoms with Gasteiger partial charge in [0, 0.05) is 11.4 Å². The van der Waals surface area contributed by atoms with Crippen LogP contribution >= 0.6 is 11.8 Å². The number of benzene rings is 3. The number of aryl methyl sites for hydroxylation is 1. The van der Waals surface area contributed by atoms with Crippen LogP contribution in [0.1, 0.15) is 11.1 Å². The summed E-state index contributed by atoms with van der Waals surface area (Å²) in [4.78, 5) is 34.2. The largest absolute Gasteiger partial charge is 0.349 e. The second-order valence-corrected chi connectivity index (χ2v) is 9.23. The van der Waals surface area contributed by atoms with Crippen LogP contribution in [0.2, 0.25) is 0 Å². The van der Waals surface area contributed by atoms with Crippen molar-refractivity contribution in [3.8, 4) is 11.3 Å². The average Bonchev–Trinajstić information content (AvgIpc) is 3.30. The molecule has 7 heteroatoms. The molecule has 174 valence electrons. The van der Waals surface area contributed by atoms with Gasteiger partial charge in [-0.25, -0.2) is 4.98 Å². The van der Waals surface area contributed by atoms with Crippen LogP contribution in [0.5, 0.6) is 0 Å². The number of aromatic amines is 1. The Kier molecular flexibility index (Phi) is 6.50. The number of anilines is 1. The first-order valence-corrected chi connectivity index (χ1v) is 12.3. The summed E-state index contributed by atoms with van der Waals surface area (Å²) in [6.45, 7) is 2.34. The third-order valence-electron chi connectivity index (χ3n) is 5.61. The van der Waals surface area contributed by atoms with Crippen LogP contribution in [0.4, 0.5) is 5.69 Å². The molecule has 0 radical (unpaired) electrons. The number of nitrogens with one attached hydrogen (secondary N) is 2. The molecule has 0 aliphatic heterocycles. The van der Waals surface area contributed by atoms with Gasteiger partial charge in [-0.05, 0) is 41.8 Å². The first-order chi connectivity index (χ1) is 17.1. The Morgan fingerprint density at radius 3 is 2.46 bits per heavy atom. The number of thioether (sulfide) groups is 1. The fourth-order valence-corrected chi connectivity index (χ4v) is 4.72. The van der Waals surface area contributed by atoms with Crippen molar-refractivity contribution < 1.29 is 4.79 Å². The maximum atomic E-state index is 13.5. The Bertz CT molecular complexity index is 1540. The highest BCUT2D eigenvalue weighted by Crippen LogP contribution is 2.24. The highest BCUT2D eigenvalue weighted by Gasteiger charge is 2.16. The van der Waals surface area contributed by atoms with Crippen molar-refractivity contribution in [3.63, 3.8) is 0 Å². The van der Waals surface area contributed by atoms with Crippen molar-refractivity contribution in [2.45, 2.75) is 18.6 Å². The van der Waals surface area contributed by atoms with Crippen molar-refractivity contribution in [2.75, 3.05) is 11.1 Å². The van der Waals surface area contributed by atoms with Crippen molar-refractivity contribution in [1.82, 2.24) is 14.5 Å². The number of aromatic nitrogens is 3. The van der Waals surface area contributed by atoms with Crippen LogP contribution in [-0.2, 0) is 11.3 Å². The molecular formula is C28H24N4O2S. The molecule has 0 fully saturated rings. The van der Waals surface area contributed by atoms with E-state index in [0.29, 0.717) is 22.7 Å². The zero-order valence-corrected chi connectivity index (χ0v) is 20.0. The minimum atomic E-state index is -0.164. The number of amides is 1. The first-order valence-electron chi connectivity index (χ1n) is 11.3. The van der Waals surface area contributed by atoms with Crippen LogP contribution in [-0.4, -0.2) is 26.2 Å². The monoisotopic (exact) mass is 480 g/mol. The molecular weight excluding hydrogens is 456 g/mol. The third kappa shape index (κ3) is 5.20. The molecule has 0 saturated carbocycles. The smallest absolute Gasteiger partial charge is 0.278 e. The molecule has 0 aliphatic carbocycles. The number of nitrogens with zero attached hydrogens (tertiary/aromatic N) is 2. The Hall–Kier alpha value is -4.10. The lowest BCUT2D eigenvalue weighted by atomic mass is 10.2. The number of carbonyl (C=O) groups excluding carboxylic acids is 1. The van der Waals surface area contributed by atoms with Gasteiger partial charge in [0.15, 0.2) is 5.16 Å². The van der Waals surface area contributed by atoms with Crippen LogP contribution in [0.3, 0.4) is 0 Å². The number of hydrogen-bond acceptors (Lipinski definition) is 4. The summed E-state index contributed by atoms with van der Waals surface area (Å²) in [5, 5.41) is 3.42. The minimum absolute atomic E-state index is 0.136. The molecule has 0 unspecified atom stereocenters. The summed E-state index contributed by atoms with van der Waals surface area (Å²) in [7, 11) is 0. The summed E-state index contributed by atoms with van der Waals surface area (Å²) in [5.41, 5.74) is 5.48. The summed E-state index contributed by atoms with van der Waals surface area (Å²) < 4.78 is 1.63. The molecule has 3 aromatic carbocycles. The average molecular weight is 481 g/mol. The maximum Gasteiger partial charge on any atom is 0.278 e. The van der Waals surface area contributed by atoms with Crippen LogP contribution in [0, 0.1) is 6.92 Å². The molecule has 5 rings (SSSR count). The second-order valence-electron chi connectivity index (χ2n) is 8.29. The third-order valence-corrected chi connectivity index (χ3v) is 6.58. The fraction of sp³-hybridized carbons (Fsp3) is 0.107. The fourth-order valence-electron chi connectivity index (χ4n) is 3.92. The van der Waals surface area contributed by atoms with Gasteiger partial charge in [0.05, 0.1) is 17.8 Å². The summed E-state index contributed by atoms with van der Waals surface area (Å²) in [6.07, 6.45) is 0. The van der Waals surface area contributed by atoms with E-state index in [-0.39, 0.29) is 17.2 Å². The lowest BCUT2D eigenvalue weighted by Crippen LogP contribution is -2.25. The molecule has 0 aliphatic rings. The van der Waals surface area contributed by atoms with Gasteiger partial charge in [-0.15, -0.1) is 0 Å². The van der Waals surface area contributed by atoms with E-state index in [1.165, 1.54) is 11.8 Å². The van der Waals surface area contributed by atoms with E-state index in [1.807, 2.05) is 97.9 Å². The maximum absolute atomic E-state index is 13.5. The van der Waals surface area contributed by atoms with E-state index in [1.54, 1.807) is 4.57 Å². The Morgan fingerprint density at radius 1 is 0.971 bits per heavy atom. The topological polar surface area (TPSA) is 79.8 Å². The van der Waals surface area contributed by atoms with Crippen LogP contribution < -0.4 is 10.9 Å². The Balaban J connectivity index is 1.48. The van der Waals surface area contributed by atoms with E-state index in [0.717, 1.165) is 28.1 Å². The van der Waals surface area contributed by atoms with Gasteiger partial charge >= 0.3 is 0 Å². The van der Waals surface area contributed by atoms with Gasteiger partial charge in [-0.1, -0.05) is 84.6 Å². The molecule has 0 saturated heterocycles. The van der Waals surface area contributed by atoms with Crippen LogP contribution in [0.25, 0.3) is 22.3 Å². The molecule has 2 aromatic heterocycles. The van der Waals surface area contributed by atoms with E-state index >= 15 is 0 Å². The SMILES string of the molecule is Cc1cccc(NC(=O)CSc2nc3cc(-c4ccccc4)[nH]c3c(=O)n2Cc2ccccc2)c1. The van der Waals surface area contributed by atoms with Gasteiger partial charge in [-0.3, -0.25) is 14.2 Å². The lowest BCUT2D eigenvalue weighted by molar-refractivity contribution is -0.113. The summed E-state index contributed by atoms with van der Waals surface area (Å²) in [5.74, 6) is -0.0170. The number of hydrogen-bond donors (Lipinski definition) is 2. The molecule has 2 N–H and O–H groups in total. The van der Waals surface area contributed by atoms with E-state index < -0.39 is 0 Å². The zero-order valence-electron chi connectivity index (χ0n) is 19.2. The lowest BCUT2D eigenvalue weighted by Gasteiger charge is -2.12. The second kappa shape index (κ2) is 10.0. The van der Waals surface area contributed by atoms with Gasteiger partial charge in [-0.2, -0.15) is 0 Å². The highest BCUT2D eigenvalue weighted by molar-refractivity contribution is 7.99. The molecule has 0 bridgehead atoms. The van der Waals surface area contributed by atoms with Gasteiger partial charge in [0.1, 0.15) is 5.52 Å². The van der Waals surface area contributed by atoms with Gasteiger partial charge in [0.25, 0.3) is 5.56 Å². The molecule has 1 amide bonds. The molecule has 6 nitrogen and oxygen atoms in total. The standard InChI is InChI=1S/C28H24N4O2S/c1-19-9-8-14-22(15-19)29-25(33)18-35-28-31-24-16-23(21-12-6-3-7-13-21)30-26(24)27(34)32(28)17-20-10-4-2-5-11-20/h2-16,30H,17-18H2,1H3,(H,29,33). The van der Waals surface area contributed by atoms with Crippen molar-refractivity contribution >= 4 is 34.4 Å². The number of fused-ring (bicyclic) bond motifs is 1. The summed E-state index contributed by atoms with van der Waals surface area (Å²) in [6, 6.07) is 29.1. The van der Waals surface area contributed by atoms with Crippen molar-refractivity contribution in [2.24, 2.45) is 0 Å². The molecule has 0 atom stereocenters. The predicted molar refractivity (Wildman–Crippen MR) is 142 cm³/mol. The van der Waals surface area contributed by atoms with Gasteiger partial charge in [0.2, 0.25) is 5.91 Å². The highest BCUT2D eigenvalue weighted by atomic mass is 32.2. The predicted octanol–water partition coefficient (Wildman–Crippen LogP) is 5.48. The number of H-pyrrole nitrogens is 1. The minimum Gasteiger partial charge on any atom is -0.349 e. The van der Waals surface area contributed by atoms with Crippen molar-refractivity contribution in [3.05, 3.63) is 112 Å². The van der Waals surface area contributed by atoms with E-state index in [2.05, 4.69) is 10.3 Å². The Labute approximate surface area is 207 Å². The van der Waals surface area contributed by atoms with E-state index in [9.17, 15) is 9.59 Å². The van der Waals surface area contributed by atoms with Gasteiger partial charge < -0.3 is 10.3 Å². The molecule has 35 heavy (non-hydrogen) atoms.